The zero-order chi connectivity index (χ0) is 42.7. The fourth-order valence-corrected chi connectivity index (χ4v) is 8.14. The van der Waals surface area contributed by atoms with Gasteiger partial charge in [0.25, 0.3) is 0 Å². The average molecular weight is 850 g/mol. The number of allylic oxidation sites excluding steroid dienone is 1. The summed E-state index contributed by atoms with van der Waals surface area (Å²) < 4.78 is 47.6. The Kier molecular flexibility index (Phi) is 34.5. The van der Waals surface area contributed by atoms with Gasteiger partial charge in [-0.05, 0) is 19.3 Å². The summed E-state index contributed by atoms with van der Waals surface area (Å²) in [5, 5.41) is 44.7. The maximum Gasteiger partial charge on any atom is 0.397 e. The Morgan fingerprint density at radius 1 is 0.672 bits per heavy atom. The lowest BCUT2D eigenvalue weighted by Gasteiger charge is -2.41. The van der Waals surface area contributed by atoms with Gasteiger partial charge in [0, 0.05) is 6.42 Å². The number of carbonyl (C=O) groups is 1. The fourth-order valence-electron chi connectivity index (χ4n) is 7.63. The fraction of sp³-hybridized carbons (Fsp3) is 0.933. The minimum Gasteiger partial charge on any atom is -0.394 e. The van der Waals surface area contributed by atoms with E-state index in [9.17, 15) is 38.2 Å². The molecule has 1 rings (SSSR count). The summed E-state index contributed by atoms with van der Waals surface area (Å²) in [4.78, 5) is 13.0. The molecule has 7 atom stereocenters. The molecule has 13 heteroatoms. The third-order valence-corrected chi connectivity index (χ3v) is 11.8. The Morgan fingerprint density at radius 3 is 1.50 bits per heavy atom. The van der Waals surface area contributed by atoms with Crippen molar-refractivity contribution in [1.82, 2.24) is 5.32 Å². The van der Waals surface area contributed by atoms with Crippen LogP contribution in [-0.4, -0.2) is 95.4 Å². The largest absolute Gasteiger partial charge is 0.397 e. The predicted molar refractivity (Wildman–Crippen MR) is 232 cm³/mol. The van der Waals surface area contributed by atoms with Crippen LogP contribution in [0.25, 0.3) is 0 Å². The number of carbonyl (C=O) groups excluding carboxylic acids is 1. The van der Waals surface area contributed by atoms with E-state index in [0.29, 0.717) is 6.42 Å². The molecule has 7 unspecified atom stereocenters. The standard InChI is InChI=1S/C45H87NO11S/c1-3-5-7-9-11-13-15-17-18-19-20-21-22-23-24-26-28-30-32-34-39(48)38(46-41(49)35-33-31-29-27-25-16-14-12-10-8-6-4-2)37-55-45-43(51)44(57-58(52,53)54)42(50)40(36-47)56-45/h32,34,38-40,42-45,47-48,50-51H,3-31,33,35-37H2,1-2H3,(H,46,49)(H,52,53,54)/b34-32+. The van der Waals surface area contributed by atoms with Gasteiger partial charge >= 0.3 is 10.4 Å². The molecule has 0 aliphatic carbocycles. The van der Waals surface area contributed by atoms with E-state index in [1.54, 1.807) is 6.08 Å². The van der Waals surface area contributed by atoms with Gasteiger partial charge in [-0.1, -0.05) is 199 Å². The second kappa shape index (κ2) is 36.5. The van der Waals surface area contributed by atoms with Crippen LogP contribution < -0.4 is 5.32 Å². The van der Waals surface area contributed by atoms with Crippen molar-refractivity contribution >= 4 is 16.3 Å². The lowest BCUT2D eigenvalue weighted by molar-refractivity contribution is -0.298. The molecule has 58 heavy (non-hydrogen) atoms. The minimum absolute atomic E-state index is 0.261. The molecule has 1 fully saturated rings. The zero-order valence-electron chi connectivity index (χ0n) is 36.6. The number of nitrogens with one attached hydrogen (secondary N) is 1. The molecular formula is C45H87NO11S. The molecule has 1 aliphatic heterocycles. The van der Waals surface area contributed by atoms with Crippen LogP contribution in [0.1, 0.15) is 213 Å². The Balaban J connectivity index is 2.50. The topological polar surface area (TPSA) is 192 Å². The Bertz CT molecular complexity index is 1090. The highest BCUT2D eigenvalue weighted by Crippen LogP contribution is 2.26. The van der Waals surface area contributed by atoms with Crippen LogP contribution in [-0.2, 0) is 28.9 Å². The number of hydrogen-bond donors (Lipinski definition) is 6. The molecule has 0 aromatic carbocycles. The van der Waals surface area contributed by atoms with E-state index in [1.165, 1.54) is 148 Å². The Morgan fingerprint density at radius 2 is 1.09 bits per heavy atom. The lowest BCUT2D eigenvalue weighted by atomic mass is 9.99. The highest BCUT2D eigenvalue weighted by Gasteiger charge is 2.48. The monoisotopic (exact) mass is 850 g/mol. The first kappa shape index (κ1) is 54.9. The summed E-state index contributed by atoms with van der Waals surface area (Å²) in [7, 11) is -5.08. The average Bonchev–Trinajstić information content (AvgIpc) is 3.19. The van der Waals surface area contributed by atoms with Gasteiger partial charge in [0.1, 0.15) is 24.4 Å². The van der Waals surface area contributed by atoms with Crippen molar-refractivity contribution in [2.75, 3.05) is 13.2 Å². The second-order valence-electron chi connectivity index (χ2n) is 16.7. The van der Waals surface area contributed by atoms with E-state index in [1.807, 2.05) is 6.08 Å². The van der Waals surface area contributed by atoms with Crippen LogP contribution >= 0.6 is 0 Å². The molecule has 0 bridgehead atoms. The molecule has 0 aromatic heterocycles. The minimum atomic E-state index is -5.08. The van der Waals surface area contributed by atoms with E-state index >= 15 is 0 Å². The van der Waals surface area contributed by atoms with Crippen molar-refractivity contribution < 1.29 is 51.8 Å². The summed E-state index contributed by atoms with van der Waals surface area (Å²) >= 11 is 0. The van der Waals surface area contributed by atoms with Crippen molar-refractivity contribution in [3.8, 4) is 0 Å². The van der Waals surface area contributed by atoms with E-state index in [-0.39, 0.29) is 18.9 Å². The summed E-state index contributed by atoms with van der Waals surface area (Å²) in [6.07, 6.45) is 31.1. The molecule has 6 N–H and O–H groups in total. The third-order valence-electron chi connectivity index (χ3n) is 11.3. The van der Waals surface area contributed by atoms with Crippen molar-refractivity contribution in [3.05, 3.63) is 12.2 Å². The number of hydrogen-bond acceptors (Lipinski definition) is 10. The number of ether oxygens (including phenoxy) is 2. The molecule has 1 amide bonds. The predicted octanol–water partition coefficient (Wildman–Crippen LogP) is 9.16. The quantitative estimate of drug-likeness (QED) is 0.0196. The summed E-state index contributed by atoms with van der Waals surface area (Å²) in [6, 6.07) is -0.937. The van der Waals surface area contributed by atoms with Gasteiger partial charge < -0.3 is 35.2 Å². The van der Waals surface area contributed by atoms with Crippen LogP contribution in [0.15, 0.2) is 12.2 Å². The highest BCUT2D eigenvalue weighted by molar-refractivity contribution is 7.80. The number of unbranched alkanes of at least 4 members (excludes halogenated alkanes) is 28. The normalized spacial score (nSPS) is 21.1. The molecule has 1 saturated heterocycles. The lowest BCUT2D eigenvalue weighted by Crippen LogP contribution is -2.61. The van der Waals surface area contributed by atoms with Gasteiger partial charge in [-0.15, -0.1) is 0 Å². The zero-order valence-corrected chi connectivity index (χ0v) is 37.4. The molecule has 1 aliphatic rings. The first-order valence-corrected chi connectivity index (χ1v) is 24.9. The van der Waals surface area contributed by atoms with Crippen LogP contribution in [0, 0.1) is 0 Å². The summed E-state index contributed by atoms with van der Waals surface area (Å²) in [6.45, 7) is 3.39. The van der Waals surface area contributed by atoms with Crippen LogP contribution in [0.2, 0.25) is 0 Å². The van der Waals surface area contributed by atoms with E-state index in [2.05, 4.69) is 23.3 Å². The smallest absolute Gasteiger partial charge is 0.394 e. The number of amides is 1. The summed E-state index contributed by atoms with van der Waals surface area (Å²) in [5.41, 5.74) is 0. The molecule has 1 heterocycles. The van der Waals surface area contributed by atoms with Gasteiger partial charge in [0.2, 0.25) is 5.91 Å². The first-order valence-electron chi connectivity index (χ1n) is 23.6. The second-order valence-corrected chi connectivity index (χ2v) is 17.8. The van der Waals surface area contributed by atoms with Crippen molar-refractivity contribution in [2.45, 2.75) is 256 Å². The van der Waals surface area contributed by atoms with Crippen molar-refractivity contribution in [3.63, 3.8) is 0 Å². The van der Waals surface area contributed by atoms with Crippen molar-refractivity contribution in [1.29, 1.82) is 0 Å². The third kappa shape index (κ3) is 29.2. The molecule has 0 aromatic rings. The van der Waals surface area contributed by atoms with Crippen LogP contribution in [0.4, 0.5) is 0 Å². The van der Waals surface area contributed by atoms with Crippen LogP contribution in [0.5, 0.6) is 0 Å². The number of rotatable bonds is 40. The van der Waals surface area contributed by atoms with Gasteiger partial charge in [-0.2, -0.15) is 8.42 Å². The Hall–Kier alpha value is -1.16. The van der Waals surface area contributed by atoms with Gasteiger partial charge in [0.15, 0.2) is 6.29 Å². The SMILES string of the molecule is CCCCCCCCCCCCCCCCCCC/C=C/C(O)C(COC1OC(CO)C(O)C(OS(=O)(=O)O)C1O)NC(=O)CCCCCCCCCCCCCC. The molecular weight excluding hydrogens is 763 g/mol. The molecule has 344 valence electrons. The van der Waals surface area contributed by atoms with Crippen LogP contribution in [0.3, 0.4) is 0 Å². The Labute approximate surface area is 353 Å². The molecule has 12 nitrogen and oxygen atoms in total. The van der Waals surface area contributed by atoms with Gasteiger partial charge in [0.05, 0.1) is 25.4 Å². The molecule has 0 saturated carbocycles. The van der Waals surface area contributed by atoms with Gasteiger partial charge in [-0.25, -0.2) is 4.18 Å². The van der Waals surface area contributed by atoms with E-state index in [0.717, 1.165) is 38.5 Å². The number of aliphatic hydroxyl groups excluding tert-OH is 4. The van der Waals surface area contributed by atoms with Gasteiger partial charge in [-0.3, -0.25) is 9.35 Å². The molecule has 0 radical (unpaired) electrons. The maximum absolute atomic E-state index is 13.0. The first-order chi connectivity index (χ1) is 28.0. The van der Waals surface area contributed by atoms with E-state index in [4.69, 9.17) is 9.47 Å². The van der Waals surface area contributed by atoms with Crippen molar-refractivity contribution in [2.24, 2.45) is 0 Å². The number of aliphatic hydroxyl groups is 4. The van der Waals surface area contributed by atoms with E-state index < -0.39 is 59.9 Å². The molecule has 0 spiro atoms. The highest BCUT2D eigenvalue weighted by atomic mass is 32.3. The summed E-state index contributed by atoms with van der Waals surface area (Å²) in [5.74, 6) is -0.261. The maximum atomic E-state index is 13.0.